The van der Waals surface area contributed by atoms with Crippen molar-refractivity contribution >= 4 is 46.5 Å². The molecule has 436 valence electrons. The van der Waals surface area contributed by atoms with E-state index in [-0.39, 0.29) is 40.3 Å². The number of amides is 2. The fraction of sp³-hybridized carbons (Fsp3) is 0.400. The maximum absolute atomic E-state index is 15.7. The third kappa shape index (κ3) is 13.5. The van der Waals surface area contributed by atoms with Gasteiger partial charge in [-0.3, -0.25) is 19.3 Å². The average Bonchev–Trinajstić information content (AvgIpc) is 3.66. The summed E-state index contributed by atoms with van der Waals surface area (Å²) in [7, 11) is 3.94. The molecular weight excluding hydrogens is 1090 g/mol. The van der Waals surface area contributed by atoms with Gasteiger partial charge in [-0.05, 0) is 58.3 Å². The van der Waals surface area contributed by atoms with E-state index in [4.69, 9.17) is 9.47 Å². The van der Waals surface area contributed by atoms with Crippen molar-refractivity contribution < 1.29 is 54.2 Å². The van der Waals surface area contributed by atoms with Crippen molar-refractivity contribution in [2.75, 3.05) is 136 Å². The molecule has 0 radical (unpaired) electrons. The standard InChI is InChI=1S/C29H33F4N7O2.C26H27F4N7O3/c1-17-9-23(29(31,32)33)22(14-34-17)27(41)37-25-10-21(20-12-35-28(36-13-20)39-5-7-42-8-6-39)24(30)11-26(25)40-15-18(2)38(4)19(3)16-40;1-35-2-4-36(5-3-35)22-12-20(27)17(16-13-32-25(33-14-16)37-6-8-40-9-7-37)10-21(22)34-24(39)18-15-31-23(38)11-19(18)26(28,29)30/h9-14,18-19,34H,1,5-8,15-16H2,2-4H3,(H,37,41);10-15H,2-9H2,1H3,(H,31,38)(H,34,39)/t18-,19+;. The lowest BCUT2D eigenvalue weighted by Crippen LogP contribution is -2.55. The predicted octanol–water partition coefficient (Wildman–Crippen LogP) is 6.91. The summed E-state index contributed by atoms with van der Waals surface area (Å²) in [5.74, 6) is -2.32. The summed E-state index contributed by atoms with van der Waals surface area (Å²) in [4.78, 5) is 69.7. The van der Waals surface area contributed by atoms with Crippen LogP contribution in [-0.2, 0) is 20.4 Å². The number of anilines is 6. The summed E-state index contributed by atoms with van der Waals surface area (Å²) in [6, 6.07) is 5.91. The van der Waals surface area contributed by atoms with Gasteiger partial charge in [0.15, 0.2) is 0 Å². The molecule has 5 aliphatic heterocycles. The Labute approximate surface area is 466 Å². The molecule has 2 aromatic carbocycles. The molecule has 0 spiro atoms. The normalized spacial score (nSPS) is 19.4. The van der Waals surface area contributed by atoms with Gasteiger partial charge in [-0.1, -0.05) is 6.58 Å². The van der Waals surface area contributed by atoms with Gasteiger partial charge in [0.25, 0.3) is 11.8 Å². The number of carbonyl (C=O) groups is 2. The number of piperazine rings is 2. The van der Waals surface area contributed by atoms with E-state index in [1.807, 2.05) is 47.5 Å². The number of dihydropyridines is 1. The van der Waals surface area contributed by atoms with Crippen LogP contribution in [0.5, 0.6) is 0 Å². The minimum atomic E-state index is -4.94. The van der Waals surface area contributed by atoms with Crippen molar-refractivity contribution in [2.45, 2.75) is 38.3 Å². The second-order valence-electron chi connectivity index (χ2n) is 20.3. The maximum atomic E-state index is 15.7. The predicted molar refractivity (Wildman–Crippen MR) is 293 cm³/mol. The molecule has 8 heterocycles. The van der Waals surface area contributed by atoms with Crippen LogP contribution in [0.15, 0.2) is 102 Å². The Kier molecular flexibility index (Phi) is 17.6. The van der Waals surface area contributed by atoms with E-state index in [1.54, 1.807) is 0 Å². The zero-order chi connectivity index (χ0) is 58.6. The highest BCUT2D eigenvalue weighted by atomic mass is 19.4. The fourth-order valence-electron chi connectivity index (χ4n) is 9.95. The summed E-state index contributed by atoms with van der Waals surface area (Å²) in [6.45, 7) is 15.7. The Hall–Kier alpha value is -8.01. The number of rotatable bonds is 10. The third-order valence-corrected chi connectivity index (χ3v) is 14.7. The van der Waals surface area contributed by atoms with E-state index in [0.717, 1.165) is 18.5 Å². The number of alkyl halides is 6. The molecule has 0 saturated carbocycles. The molecule has 19 nitrogen and oxygen atoms in total. The van der Waals surface area contributed by atoms with Gasteiger partial charge in [0.05, 0.1) is 71.5 Å². The molecule has 10 rings (SSSR count). The number of carbonyl (C=O) groups excluding carboxylic acids is 2. The van der Waals surface area contributed by atoms with E-state index in [1.165, 1.54) is 49.1 Å². The monoisotopic (exact) mass is 1150 g/mol. The van der Waals surface area contributed by atoms with Crippen molar-refractivity contribution in [3.63, 3.8) is 0 Å². The molecule has 0 aliphatic carbocycles. The molecule has 5 aromatic rings. The Morgan fingerprint density at radius 2 is 1.12 bits per heavy atom. The number of likely N-dealkylation sites (N-methyl/N-ethyl adjacent to an activating group) is 2. The number of hydrogen-bond donors (Lipinski definition) is 4. The second kappa shape index (κ2) is 24.6. The molecule has 4 saturated heterocycles. The van der Waals surface area contributed by atoms with Crippen LogP contribution in [0, 0.1) is 11.6 Å². The molecule has 27 heteroatoms. The number of pyridine rings is 1. The van der Waals surface area contributed by atoms with Gasteiger partial charge in [0, 0.05) is 149 Å². The van der Waals surface area contributed by atoms with Gasteiger partial charge in [-0.15, -0.1) is 0 Å². The van der Waals surface area contributed by atoms with Crippen molar-refractivity contribution in [2.24, 2.45) is 0 Å². The largest absolute Gasteiger partial charge is 0.417 e. The SMILES string of the molecule is C=C1C=C(C(F)(F)F)C(C(=O)Nc2cc(-c3cnc(N4CCOCC4)nc3)c(F)cc2N2C[C@@H](C)N(C)[C@@H](C)C2)=CN1.CN1CCN(c2cc(F)c(-c3cnc(N4CCOCC4)nc3)cc2NC(=O)c2c[nH]c(=O)cc2C(F)(F)F)CC1. The van der Waals surface area contributed by atoms with E-state index in [0.29, 0.717) is 132 Å². The summed E-state index contributed by atoms with van der Waals surface area (Å²) < 4.78 is 124. The van der Waals surface area contributed by atoms with Crippen LogP contribution in [-0.4, -0.2) is 171 Å². The maximum Gasteiger partial charge on any atom is 0.417 e. The van der Waals surface area contributed by atoms with Gasteiger partial charge < -0.3 is 54.9 Å². The molecule has 3 aromatic heterocycles. The number of nitrogens with zero attached hydrogens (tertiary/aromatic N) is 10. The van der Waals surface area contributed by atoms with Crippen molar-refractivity contribution in [3.05, 3.63) is 130 Å². The van der Waals surface area contributed by atoms with Crippen molar-refractivity contribution in [1.29, 1.82) is 0 Å². The van der Waals surface area contributed by atoms with Crippen LogP contribution in [0.25, 0.3) is 22.3 Å². The van der Waals surface area contributed by atoms with E-state index < -0.39 is 63.6 Å². The summed E-state index contributed by atoms with van der Waals surface area (Å²) in [5.41, 5.74) is -3.01. The number of allylic oxidation sites excluding steroid dienone is 1. The Morgan fingerprint density at radius 1 is 0.646 bits per heavy atom. The minimum Gasteiger partial charge on any atom is -0.378 e. The average molecular weight is 1150 g/mol. The van der Waals surface area contributed by atoms with Crippen LogP contribution in [0.3, 0.4) is 0 Å². The van der Waals surface area contributed by atoms with Gasteiger partial charge >= 0.3 is 12.4 Å². The van der Waals surface area contributed by atoms with Crippen LogP contribution in [0.1, 0.15) is 29.8 Å². The number of aromatic amines is 1. The van der Waals surface area contributed by atoms with Gasteiger partial charge in [0.2, 0.25) is 17.5 Å². The smallest absolute Gasteiger partial charge is 0.378 e. The molecule has 2 atom stereocenters. The zero-order valence-electron chi connectivity index (χ0n) is 45.2. The number of H-pyrrole nitrogens is 1. The first-order valence-corrected chi connectivity index (χ1v) is 26.3. The summed E-state index contributed by atoms with van der Waals surface area (Å²) in [5, 5.41) is 7.73. The highest BCUT2D eigenvalue weighted by Gasteiger charge is 2.41. The van der Waals surface area contributed by atoms with Gasteiger partial charge in [0.1, 0.15) is 11.6 Å². The summed E-state index contributed by atoms with van der Waals surface area (Å²) in [6.07, 6.45) is -1.34. The first-order chi connectivity index (χ1) is 39.0. The van der Waals surface area contributed by atoms with Crippen LogP contribution < -0.4 is 41.1 Å². The molecule has 4 fully saturated rings. The van der Waals surface area contributed by atoms with Crippen LogP contribution >= 0.6 is 0 Å². The second-order valence-corrected chi connectivity index (χ2v) is 20.3. The first-order valence-electron chi connectivity index (χ1n) is 26.3. The number of benzene rings is 2. The summed E-state index contributed by atoms with van der Waals surface area (Å²) >= 11 is 0. The molecule has 5 aliphatic rings. The fourth-order valence-corrected chi connectivity index (χ4v) is 9.95. The lowest BCUT2D eigenvalue weighted by molar-refractivity contribution is -0.138. The number of nitrogens with one attached hydrogen (secondary N) is 4. The lowest BCUT2D eigenvalue weighted by atomic mass is 10.0. The number of ether oxygens (including phenoxy) is 2. The van der Waals surface area contributed by atoms with E-state index in [9.17, 15) is 40.7 Å². The molecule has 0 unspecified atom stereocenters. The topological polar surface area (TPSA) is 193 Å². The van der Waals surface area contributed by atoms with E-state index in [2.05, 4.69) is 57.2 Å². The highest BCUT2D eigenvalue weighted by molar-refractivity contribution is 6.09. The molecular formula is C55H60F8N14O5. The van der Waals surface area contributed by atoms with E-state index >= 15 is 8.78 Å². The van der Waals surface area contributed by atoms with Crippen LogP contribution in [0.2, 0.25) is 0 Å². The van der Waals surface area contributed by atoms with Gasteiger partial charge in [-0.25, -0.2) is 28.7 Å². The zero-order valence-corrected chi connectivity index (χ0v) is 45.2. The third-order valence-electron chi connectivity index (χ3n) is 14.7. The number of hydrogen-bond acceptors (Lipinski definition) is 16. The highest BCUT2D eigenvalue weighted by Crippen LogP contribution is 2.40. The minimum absolute atomic E-state index is 0.00423. The first kappa shape index (κ1) is 58.6. The molecule has 4 N–H and O–H groups in total. The molecule has 2 amide bonds. The number of aromatic nitrogens is 5. The Bertz CT molecular complexity index is 3270. The van der Waals surface area contributed by atoms with Crippen LogP contribution in [0.4, 0.5) is 69.8 Å². The lowest BCUT2D eigenvalue weighted by Gasteiger charge is -2.44. The number of morpholine rings is 2. The molecule has 82 heavy (non-hydrogen) atoms. The molecule has 0 bridgehead atoms. The Balaban J connectivity index is 0.000000198. The quantitative estimate of drug-likeness (QED) is 0.105. The Morgan fingerprint density at radius 3 is 1.60 bits per heavy atom. The van der Waals surface area contributed by atoms with Gasteiger partial charge in [-0.2, -0.15) is 26.3 Å². The number of halogens is 8. The van der Waals surface area contributed by atoms with Crippen molar-refractivity contribution in [1.82, 2.24) is 40.0 Å². The van der Waals surface area contributed by atoms with Crippen molar-refractivity contribution in [3.8, 4) is 22.3 Å².